The van der Waals surface area contributed by atoms with Gasteiger partial charge >= 0.3 is 0 Å². The summed E-state index contributed by atoms with van der Waals surface area (Å²) in [6.45, 7) is 4.18. The van der Waals surface area contributed by atoms with Gasteiger partial charge in [0.25, 0.3) is 5.95 Å². The molecule has 5 nitrogen and oxygen atoms in total. The van der Waals surface area contributed by atoms with Crippen LogP contribution in [0.4, 0.5) is 5.95 Å². The summed E-state index contributed by atoms with van der Waals surface area (Å²) in [5.41, 5.74) is 5.83. The topological polar surface area (TPSA) is 56.0 Å². The third kappa shape index (κ3) is 2.54. The molecule has 0 saturated carbocycles. The van der Waals surface area contributed by atoms with Crippen LogP contribution >= 0.6 is 0 Å². The first-order chi connectivity index (χ1) is 11.2. The Labute approximate surface area is 134 Å². The second-order valence-electron chi connectivity index (χ2n) is 5.98. The molecule has 1 aliphatic heterocycles. The third-order valence-corrected chi connectivity index (χ3v) is 4.20. The molecule has 0 amide bonds. The molecule has 0 saturated heterocycles. The second kappa shape index (κ2) is 5.43. The minimum absolute atomic E-state index is 0.0775. The van der Waals surface area contributed by atoms with Crippen molar-refractivity contribution in [2.75, 3.05) is 0 Å². The summed E-state index contributed by atoms with van der Waals surface area (Å²) in [4.78, 5) is 4.65. The smallest absolute Gasteiger partial charge is 0.214 e. The van der Waals surface area contributed by atoms with Gasteiger partial charge in [0, 0.05) is 6.42 Å². The van der Waals surface area contributed by atoms with Gasteiger partial charge in [0.2, 0.25) is 0 Å². The number of nitrogens with zero attached hydrogens (tertiary/aromatic N) is 5. The summed E-state index contributed by atoms with van der Waals surface area (Å²) >= 11 is 0. The molecule has 0 radical (unpaired) electrons. The van der Waals surface area contributed by atoms with E-state index in [9.17, 15) is 0 Å². The van der Waals surface area contributed by atoms with Gasteiger partial charge in [-0.15, -0.1) is 0 Å². The van der Waals surface area contributed by atoms with E-state index >= 15 is 0 Å². The van der Waals surface area contributed by atoms with Crippen molar-refractivity contribution in [1.82, 2.24) is 20.2 Å². The van der Waals surface area contributed by atoms with Crippen molar-refractivity contribution in [3.8, 4) is 0 Å². The maximum atomic E-state index is 4.65. The van der Waals surface area contributed by atoms with Crippen LogP contribution in [0, 0.1) is 13.8 Å². The van der Waals surface area contributed by atoms with E-state index in [1.807, 2.05) is 4.68 Å². The summed E-state index contributed by atoms with van der Waals surface area (Å²) < 4.78 is 1.81. The van der Waals surface area contributed by atoms with Crippen LogP contribution in [-0.2, 0) is 0 Å². The fourth-order valence-electron chi connectivity index (χ4n) is 2.96. The molecule has 1 unspecified atom stereocenters. The second-order valence-corrected chi connectivity index (χ2v) is 5.98. The molecule has 5 heteroatoms. The molecule has 2 aromatic carbocycles. The summed E-state index contributed by atoms with van der Waals surface area (Å²) in [5, 5.41) is 12.0. The summed E-state index contributed by atoms with van der Waals surface area (Å²) in [6.07, 6.45) is 0.782. The van der Waals surface area contributed by atoms with E-state index in [0.717, 1.165) is 17.7 Å². The quantitative estimate of drug-likeness (QED) is 0.729. The highest BCUT2D eigenvalue weighted by Gasteiger charge is 2.26. The predicted molar refractivity (Wildman–Crippen MR) is 89.1 cm³/mol. The van der Waals surface area contributed by atoms with Crippen LogP contribution in [0.3, 0.4) is 0 Å². The lowest BCUT2D eigenvalue weighted by molar-refractivity contribution is 0.514. The Morgan fingerprint density at radius 3 is 2.61 bits per heavy atom. The van der Waals surface area contributed by atoms with E-state index < -0.39 is 0 Å². The molecule has 0 bridgehead atoms. The summed E-state index contributed by atoms with van der Waals surface area (Å²) in [6, 6.07) is 17.0. The Bertz CT molecular complexity index is 876. The summed E-state index contributed by atoms with van der Waals surface area (Å²) in [5.74, 6) is 0.568. The van der Waals surface area contributed by atoms with Crippen LogP contribution in [0.1, 0.15) is 34.7 Å². The molecule has 1 aromatic heterocycles. The monoisotopic (exact) mass is 303 g/mol. The molecule has 1 aliphatic rings. The van der Waals surface area contributed by atoms with Gasteiger partial charge in [-0.05, 0) is 35.4 Å². The van der Waals surface area contributed by atoms with Crippen LogP contribution in [0.25, 0.3) is 0 Å². The predicted octanol–water partition coefficient (Wildman–Crippen LogP) is 3.40. The molecular formula is C18H17N5. The first-order valence-electron chi connectivity index (χ1n) is 7.70. The van der Waals surface area contributed by atoms with Crippen molar-refractivity contribution in [1.29, 1.82) is 0 Å². The molecule has 0 spiro atoms. The Kier molecular flexibility index (Phi) is 3.26. The van der Waals surface area contributed by atoms with Crippen molar-refractivity contribution in [2.45, 2.75) is 26.3 Å². The van der Waals surface area contributed by atoms with E-state index in [0.29, 0.717) is 5.95 Å². The van der Waals surface area contributed by atoms with Gasteiger partial charge in [-0.25, -0.2) is 9.67 Å². The van der Waals surface area contributed by atoms with E-state index in [2.05, 4.69) is 82.9 Å². The molecule has 3 aromatic rings. The van der Waals surface area contributed by atoms with Gasteiger partial charge in [-0.1, -0.05) is 64.8 Å². The van der Waals surface area contributed by atoms with E-state index in [-0.39, 0.29) is 6.04 Å². The van der Waals surface area contributed by atoms with Gasteiger partial charge < -0.3 is 0 Å². The highest BCUT2D eigenvalue weighted by molar-refractivity contribution is 6.02. The zero-order valence-electron chi connectivity index (χ0n) is 13.1. The first kappa shape index (κ1) is 13.8. The van der Waals surface area contributed by atoms with Gasteiger partial charge in [-0.3, -0.25) is 0 Å². The number of aromatic nitrogens is 4. The Morgan fingerprint density at radius 1 is 1.00 bits per heavy atom. The number of hydrogen-bond donors (Lipinski definition) is 0. The zero-order chi connectivity index (χ0) is 15.8. The number of hydrogen-bond acceptors (Lipinski definition) is 4. The number of benzene rings is 2. The zero-order valence-corrected chi connectivity index (χ0v) is 13.1. The molecule has 0 N–H and O–H groups in total. The maximum Gasteiger partial charge on any atom is 0.269 e. The minimum atomic E-state index is 0.0775. The van der Waals surface area contributed by atoms with Crippen molar-refractivity contribution in [3.05, 3.63) is 70.8 Å². The Balaban J connectivity index is 1.79. The molecule has 0 fully saturated rings. The highest BCUT2D eigenvalue weighted by atomic mass is 15.6. The van der Waals surface area contributed by atoms with Gasteiger partial charge in [-0.2, -0.15) is 0 Å². The Morgan fingerprint density at radius 2 is 1.83 bits per heavy atom. The number of fused-ring (bicyclic) bond motifs is 1. The van der Waals surface area contributed by atoms with E-state index in [4.69, 9.17) is 0 Å². The lowest BCUT2D eigenvalue weighted by Gasteiger charge is -2.23. The normalized spacial score (nSPS) is 16.8. The molecule has 1 atom stereocenters. The highest BCUT2D eigenvalue weighted by Crippen LogP contribution is 2.31. The number of tetrazole rings is 1. The fraction of sp³-hybridized carbons (Fsp3) is 0.222. The third-order valence-electron chi connectivity index (χ3n) is 4.20. The SMILES string of the molecule is Cc1ccc(C2=Nc3nnnn3C(c3cccc(C)c3)C2)cc1. The number of aryl methyl sites for hydroxylation is 2. The largest absolute Gasteiger partial charge is 0.269 e. The van der Waals surface area contributed by atoms with Crippen LogP contribution in [0.5, 0.6) is 0 Å². The van der Waals surface area contributed by atoms with Crippen LogP contribution < -0.4 is 0 Å². The Hall–Kier alpha value is -2.82. The molecule has 0 aliphatic carbocycles. The van der Waals surface area contributed by atoms with E-state index in [1.165, 1.54) is 16.7 Å². The van der Waals surface area contributed by atoms with Crippen LogP contribution in [0.15, 0.2) is 53.5 Å². The lowest BCUT2D eigenvalue weighted by atomic mass is 9.95. The average molecular weight is 303 g/mol. The molecular weight excluding hydrogens is 286 g/mol. The summed E-state index contributed by atoms with van der Waals surface area (Å²) in [7, 11) is 0. The van der Waals surface area contributed by atoms with Crippen molar-refractivity contribution in [3.63, 3.8) is 0 Å². The van der Waals surface area contributed by atoms with Gasteiger partial charge in [0.1, 0.15) is 0 Å². The van der Waals surface area contributed by atoms with Crippen LogP contribution in [0.2, 0.25) is 0 Å². The maximum absolute atomic E-state index is 4.65. The van der Waals surface area contributed by atoms with Crippen molar-refractivity contribution >= 4 is 11.7 Å². The average Bonchev–Trinajstić information content (AvgIpc) is 3.03. The van der Waals surface area contributed by atoms with Crippen LogP contribution in [-0.4, -0.2) is 25.9 Å². The minimum Gasteiger partial charge on any atom is -0.214 e. The first-order valence-corrected chi connectivity index (χ1v) is 7.70. The van der Waals surface area contributed by atoms with E-state index in [1.54, 1.807) is 0 Å². The standard InChI is InChI=1S/C18H17N5/c1-12-6-8-14(9-7-12)16-11-17(15-5-3-4-13(2)10-15)23-18(19-16)20-21-22-23/h3-10,17H,11H2,1-2H3. The van der Waals surface area contributed by atoms with Crippen molar-refractivity contribution in [2.24, 2.45) is 4.99 Å². The van der Waals surface area contributed by atoms with Gasteiger partial charge in [0.15, 0.2) is 0 Å². The fourth-order valence-corrected chi connectivity index (χ4v) is 2.96. The van der Waals surface area contributed by atoms with Crippen molar-refractivity contribution < 1.29 is 0 Å². The number of rotatable bonds is 2. The molecule has 23 heavy (non-hydrogen) atoms. The molecule has 2 heterocycles. The lowest BCUT2D eigenvalue weighted by Crippen LogP contribution is -2.21. The van der Waals surface area contributed by atoms with Gasteiger partial charge in [0.05, 0.1) is 11.8 Å². The molecule has 4 rings (SSSR count). The molecule has 114 valence electrons. The number of aliphatic imine (C=N–C) groups is 1.